The van der Waals surface area contributed by atoms with Crippen LogP contribution in [0.25, 0.3) is 0 Å². The van der Waals surface area contributed by atoms with Crippen molar-refractivity contribution < 1.29 is 9.47 Å². The predicted octanol–water partition coefficient (Wildman–Crippen LogP) is 3.91. The molecule has 0 radical (unpaired) electrons. The van der Waals surface area contributed by atoms with E-state index in [0.29, 0.717) is 6.61 Å². The summed E-state index contributed by atoms with van der Waals surface area (Å²) in [5, 5.41) is 3.52. The Kier molecular flexibility index (Phi) is 7.61. The quantitative estimate of drug-likeness (QED) is 0.663. The lowest BCUT2D eigenvalue weighted by atomic mass is 10.2. The molecule has 1 saturated heterocycles. The van der Waals surface area contributed by atoms with Gasteiger partial charge in [0.15, 0.2) is 0 Å². The molecule has 3 heteroatoms. The van der Waals surface area contributed by atoms with Crippen molar-refractivity contribution in [1.82, 2.24) is 5.32 Å². The minimum Gasteiger partial charge on any atom is -0.491 e. The van der Waals surface area contributed by atoms with E-state index in [1.807, 2.05) is 6.07 Å². The zero-order valence-corrected chi connectivity index (χ0v) is 13.3. The van der Waals surface area contributed by atoms with E-state index in [9.17, 15) is 0 Å². The Morgan fingerprint density at radius 1 is 1.24 bits per heavy atom. The number of unbranched alkanes of at least 4 members (excludes halogenated alkanes) is 3. The smallest absolute Gasteiger partial charge is 0.123 e. The second-order valence-corrected chi connectivity index (χ2v) is 5.79. The molecule has 0 aromatic heterocycles. The van der Waals surface area contributed by atoms with Crippen LogP contribution < -0.4 is 10.1 Å². The number of benzene rings is 1. The fourth-order valence-corrected chi connectivity index (χ4v) is 2.65. The average Bonchev–Trinajstić information content (AvgIpc) is 3.03. The maximum atomic E-state index is 5.95. The number of ether oxygens (including phenoxy) is 2. The van der Waals surface area contributed by atoms with Gasteiger partial charge in [-0.05, 0) is 31.9 Å². The Bertz CT molecular complexity index is 389. The molecule has 2 rings (SSSR count). The summed E-state index contributed by atoms with van der Waals surface area (Å²) in [6, 6.07) is 8.32. The van der Waals surface area contributed by atoms with Crippen LogP contribution in [-0.4, -0.2) is 25.9 Å². The van der Waals surface area contributed by atoms with E-state index in [0.717, 1.165) is 38.3 Å². The van der Waals surface area contributed by atoms with Crippen molar-refractivity contribution in [3.63, 3.8) is 0 Å². The third-order valence-corrected chi connectivity index (χ3v) is 3.94. The normalized spacial score (nSPS) is 18.0. The van der Waals surface area contributed by atoms with E-state index in [1.54, 1.807) is 0 Å². The molecule has 118 valence electrons. The molecule has 1 atom stereocenters. The first kappa shape index (κ1) is 16.3. The highest BCUT2D eigenvalue weighted by Crippen LogP contribution is 2.20. The molecule has 0 spiro atoms. The summed E-state index contributed by atoms with van der Waals surface area (Å²) in [6.07, 6.45) is 7.77. The van der Waals surface area contributed by atoms with E-state index < -0.39 is 0 Å². The largest absolute Gasteiger partial charge is 0.491 e. The molecular formula is C18H29NO2. The standard InChI is InChI=1S/C18H29NO2/c1-2-3-4-7-12-19-14-16-9-5-6-11-18(16)21-15-17-10-8-13-20-17/h5-6,9,11,17,19H,2-4,7-8,10,12-15H2,1H3. The van der Waals surface area contributed by atoms with Gasteiger partial charge in [-0.1, -0.05) is 44.4 Å². The number of rotatable bonds is 10. The lowest BCUT2D eigenvalue weighted by molar-refractivity contribution is 0.0676. The van der Waals surface area contributed by atoms with Gasteiger partial charge in [0.1, 0.15) is 12.4 Å². The van der Waals surface area contributed by atoms with Crippen molar-refractivity contribution in [2.45, 2.75) is 58.1 Å². The number of hydrogen-bond acceptors (Lipinski definition) is 3. The molecule has 1 aliphatic rings. The lowest BCUT2D eigenvalue weighted by Crippen LogP contribution is -2.19. The number of hydrogen-bond donors (Lipinski definition) is 1. The Balaban J connectivity index is 1.71. The fraction of sp³-hybridized carbons (Fsp3) is 0.667. The molecule has 1 N–H and O–H groups in total. The molecule has 1 fully saturated rings. The molecule has 1 aromatic carbocycles. The zero-order chi connectivity index (χ0) is 14.8. The van der Waals surface area contributed by atoms with Crippen molar-refractivity contribution in [3.8, 4) is 5.75 Å². The third-order valence-electron chi connectivity index (χ3n) is 3.94. The van der Waals surface area contributed by atoms with E-state index in [2.05, 4.69) is 30.4 Å². The second-order valence-electron chi connectivity index (χ2n) is 5.79. The van der Waals surface area contributed by atoms with Gasteiger partial charge in [0.2, 0.25) is 0 Å². The van der Waals surface area contributed by atoms with Crippen LogP contribution in [0.15, 0.2) is 24.3 Å². The van der Waals surface area contributed by atoms with Gasteiger partial charge in [-0.3, -0.25) is 0 Å². The first-order valence-electron chi connectivity index (χ1n) is 8.43. The van der Waals surface area contributed by atoms with E-state index >= 15 is 0 Å². The van der Waals surface area contributed by atoms with Gasteiger partial charge in [0.25, 0.3) is 0 Å². The third kappa shape index (κ3) is 6.06. The molecule has 0 bridgehead atoms. The zero-order valence-electron chi connectivity index (χ0n) is 13.3. The molecule has 0 saturated carbocycles. The van der Waals surface area contributed by atoms with Crippen LogP contribution in [0.5, 0.6) is 5.75 Å². The summed E-state index contributed by atoms with van der Waals surface area (Å²) >= 11 is 0. The second kappa shape index (κ2) is 9.80. The van der Waals surface area contributed by atoms with Gasteiger partial charge in [0, 0.05) is 18.7 Å². The van der Waals surface area contributed by atoms with Crippen LogP contribution in [0.3, 0.4) is 0 Å². The Morgan fingerprint density at radius 3 is 2.95 bits per heavy atom. The molecule has 0 amide bonds. The van der Waals surface area contributed by atoms with Crippen LogP contribution in [0.4, 0.5) is 0 Å². The highest BCUT2D eigenvalue weighted by Gasteiger charge is 2.16. The maximum Gasteiger partial charge on any atom is 0.123 e. The fourth-order valence-electron chi connectivity index (χ4n) is 2.65. The molecule has 0 aliphatic carbocycles. The van der Waals surface area contributed by atoms with Crippen molar-refractivity contribution in [1.29, 1.82) is 0 Å². The average molecular weight is 291 g/mol. The number of para-hydroxylation sites is 1. The summed E-state index contributed by atoms with van der Waals surface area (Å²) < 4.78 is 11.6. The van der Waals surface area contributed by atoms with Crippen LogP contribution in [0, 0.1) is 0 Å². The summed E-state index contributed by atoms with van der Waals surface area (Å²) in [7, 11) is 0. The molecule has 21 heavy (non-hydrogen) atoms. The number of nitrogens with one attached hydrogen (secondary N) is 1. The topological polar surface area (TPSA) is 30.5 Å². The highest BCUT2D eigenvalue weighted by atomic mass is 16.5. The Morgan fingerprint density at radius 2 is 2.14 bits per heavy atom. The van der Waals surface area contributed by atoms with E-state index in [1.165, 1.54) is 31.2 Å². The van der Waals surface area contributed by atoms with Crippen LogP contribution in [0.1, 0.15) is 51.0 Å². The minimum atomic E-state index is 0.278. The van der Waals surface area contributed by atoms with Crippen molar-refractivity contribution in [2.75, 3.05) is 19.8 Å². The molecular weight excluding hydrogens is 262 g/mol. The summed E-state index contributed by atoms with van der Waals surface area (Å²) in [5.74, 6) is 0.994. The van der Waals surface area contributed by atoms with Crippen molar-refractivity contribution in [2.24, 2.45) is 0 Å². The van der Waals surface area contributed by atoms with Gasteiger partial charge < -0.3 is 14.8 Å². The maximum absolute atomic E-state index is 5.95. The summed E-state index contributed by atoms with van der Waals surface area (Å²) in [4.78, 5) is 0. The van der Waals surface area contributed by atoms with Crippen LogP contribution >= 0.6 is 0 Å². The van der Waals surface area contributed by atoms with E-state index in [-0.39, 0.29) is 6.10 Å². The van der Waals surface area contributed by atoms with Gasteiger partial charge >= 0.3 is 0 Å². The summed E-state index contributed by atoms with van der Waals surface area (Å²) in [6.45, 7) is 5.77. The van der Waals surface area contributed by atoms with Gasteiger partial charge in [-0.25, -0.2) is 0 Å². The Labute approximate surface area is 129 Å². The summed E-state index contributed by atoms with van der Waals surface area (Å²) in [5.41, 5.74) is 1.24. The van der Waals surface area contributed by atoms with Crippen LogP contribution in [-0.2, 0) is 11.3 Å². The predicted molar refractivity (Wildman–Crippen MR) is 86.8 cm³/mol. The van der Waals surface area contributed by atoms with E-state index in [4.69, 9.17) is 9.47 Å². The SMILES string of the molecule is CCCCCCNCc1ccccc1OCC1CCCO1. The van der Waals surface area contributed by atoms with Crippen molar-refractivity contribution >= 4 is 0 Å². The first-order chi connectivity index (χ1) is 10.4. The molecule has 1 aromatic rings. The Hall–Kier alpha value is -1.06. The molecule has 3 nitrogen and oxygen atoms in total. The van der Waals surface area contributed by atoms with Crippen molar-refractivity contribution in [3.05, 3.63) is 29.8 Å². The molecule has 1 heterocycles. The molecule has 1 aliphatic heterocycles. The van der Waals surface area contributed by atoms with Crippen LogP contribution in [0.2, 0.25) is 0 Å². The van der Waals surface area contributed by atoms with Gasteiger partial charge in [-0.2, -0.15) is 0 Å². The minimum absolute atomic E-state index is 0.278. The van der Waals surface area contributed by atoms with Gasteiger partial charge in [0.05, 0.1) is 6.10 Å². The monoisotopic (exact) mass is 291 g/mol. The lowest BCUT2D eigenvalue weighted by Gasteiger charge is -2.15. The van der Waals surface area contributed by atoms with Gasteiger partial charge in [-0.15, -0.1) is 0 Å². The molecule has 1 unspecified atom stereocenters. The highest BCUT2D eigenvalue weighted by molar-refractivity contribution is 5.33. The first-order valence-corrected chi connectivity index (χ1v) is 8.43.